The van der Waals surface area contributed by atoms with Crippen LogP contribution in [0.4, 0.5) is 5.69 Å². The number of fused-ring (bicyclic) bond motifs is 3. The number of methoxy groups -OCH3 is 1. The summed E-state index contributed by atoms with van der Waals surface area (Å²) < 4.78 is 8.59. The van der Waals surface area contributed by atoms with Gasteiger partial charge in [-0.05, 0) is 55.2 Å². The number of para-hydroxylation sites is 2. The van der Waals surface area contributed by atoms with E-state index in [0.29, 0.717) is 11.2 Å². The molecule has 2 heterocycles. The summed E-state index contributed by atoms with van der Waals surface area (Å²) in [5.74, 6) is 0.670. The smallest absolute Gasteiger partial charge is 0.277 e. The molecule has 1 unspecified atom stereocenters. The lowest BCUT2D eigenvalue weighted by atomic mass is 10.1. The zero-order chi connectivity index (χ0) is 20.0. The van der Waals surface area contributed by atoms with Crippen LogP contribution in [0.15, 0.2) is 65.8 Å². The second-order valence-corrected chi connectivity index (χ2v) is 7.31. The largest absolute Gasteiger partial charge is 0.497 e. The number of ether oxygens (including phenoxy) is 1. The van der Waals surface area contributed by atoms with Crippen LogP contribution < -0.4 is 15.6 Å². The van der Waals surface area contributed by atoms with Gasteiger partial charge in [0.15, 0.2) is 0 Å². The van der Waals surface area contributed by atoms with Crippen LogP contribution >= 0.6 is 0 Å². The van der Waals surface area contributed by atoms with E-state index in [2.05, 4.69) is 10.3 Å². The molecule has 7 nitrogen and oxygen atoms in total. The van der Waals surface area contributed by atoms with Crippen molar-refractivity contribution in [2.24, 2.45) is 5.92 Å². The van der Waals surface area contributed by atoms with Crippen molar-refractivity contribution in [3.05, 3.63) is 71.4 Å². The van der Waals surface area contributed by atoms with Crippen LogP contribution in [0.25, 0.3) is 16.6 Å². The first-order valence-corrected chi connectivity index (χ1v) is 9.57. The van der Waals surface area contributed by atoms with Crippen molar-refractivity contribution in [1.29, 1.82) is 0 Å². The van der Waals surface area contributed by atoms with Gasteiger partial charge in [-0.25, -0.2) is 4.98 Å². The fourth-order valence-electron chi connectivity index (χ4n) is 3.87. The highest BCUT2D eigenvalue weighted by molar-refractivity contribution is 5.95. The number of benzene rings is 2. The summed E-state index contributed by atoms with van der Waals surface area (Å²) in [6.07, 6.45) is 5.03. The summed E-state index contributed by atoms with van der Waals surface area (Å²) in [7, 11) is 1.60. The fraction of sp³-hybridized carbons (Fsp3) is 0.227. The lowest BCUT2D eigenvalue weighted by molar-refractivity contribution is -0.119. The number of rotatable bonds is 5. The summed E-state index contributed by atoms with van der Waals surface area (Å²) in [6, 6.07) is 14.2. The second-order valence-electron chi connectivity index (χ2n) is 7.31. The fourth-order valence-corrected chi connectivity index (χ4v) is 3.87. The molecule has 1 N–H and O–H groups in total. The van der Waals surface area contributed by atoms with Gasteiger partial charge in [0.25, 0.3) is 5.56 Å². The van der Waals surface area contributed by atoms with E-state index in [4.69, 9.17) is 4.74 Å². The molecular formula is C22H20N4O3. The van der Waals surface area contributed by atoms with E-state index in [1.807, 2.05) is 24.3 Å². The van der Waals surface area contributed by atoms with Crippen LogP contribution in [-0.4, -0.2) is 27.0 Å². The summed E-state index contributed by atoms with van der Waals surface area (Å²) >= 11 is 0. The van der Waals surface area contributed by atoms with Crippen molar-refractivity contribution in [2.45, 2.75) is 18.9 Å². The van der Waals surface area contributed by atoms with Crippen LogP contribution in [0.3, 0.4) is 0 Å². The third-order valence-corrected chi connectivity index (χ3v) is 5.45. The Bertz CT molecular complexity index is 1270. The normalized spacial score (nSPS) is 14.8. The van der Waals surface area contributed by atoms with Crippen molar-refractivity contribution in [1.82, 2.24) is 14.0 Å². The number of anilines is 1. The molecule has 146 valence electrons. The number of nitrogens with zero attached hydrogens (tertiary/aromatic N) is 3. The summed E-state index contributed by atoms with van der Waals surface area (Å²) in [5.41, 5.74) is 2.51. The predicted octanol–water partition coefficient (Wildman–Crippen LogP) is 3.25. The lowest BCUT2D eigenvalue weighted by Gasteiger charge is -2.22. The third kappa shape index (κ3) is 2.95. The molecule has 0 aliphatic heterocycles. The maximum atomic E-state index is 13.3. The number of aromatic nitrogens is 3. The molecule has 1 amide bonds. The van der Waals surface area contributed by atoms with Gasteiger partial charge in [-0.3, -0.25) is 18.6 Å². The molecule has 4 aromatic rings. The average molecular weight is 388 g/mol. The molecule has 29 heavy (non-hydrogen) atoms. The van der Waals surface area contributed by atoms with Crippen molar-refractivity contribution in [2.75, 3.05) is 12.4 Å². The molecule has 7 heteroatoms. The van der Waals surface area contributed by atoms with Crippen LogP contribution in [0, 0.1) is 5.92 Å². The number of carbonyl (C=O) groups excluding carboxylic acids is 1. The monoisotopic (exact) mass is 388 g/mol. The van der Waals surface area contributed by atoms with Gasteiger partial charge in [-0.2, -0.15) is 0 Å². The van der Waals surface area contributed by atoms with E-state index < -0.39 is 6.04 Å². The van der Waals surface area contributed by atoms with E-state index in [9.17, 15) is 9.59 Å². The van der Waals surface area contributed by atoms with Gasteiger partial charge in [0.2, 0.25) is 5.91 Å². The first-order chi connectivity index (χ1) is 14.2. The maximum Gasteiger partial charge on any atom is 0.277 e. The Morgan fingerprint density at radius 1 is 1.10 bits per heavy atom. The number of hydrogen-bond donors (Lipinski definition) is 1. The number of amides is 1. The summed E-state index contributed by atoms with van der Waals surface area (Å²) in [6.45, 7) is 0. The van der Waals surface area contributed by atoms with E-state index >= 15 is 0 Å². The molecule has 0 spiro atoms. The summed E-state index contributed by atoms with van der Waals surface area (Å²) in [5, 5.41) is 2.97. The Kier molecular flexibility index (Phi) is 4.08. The van der Waals surface area contributed by atoms with Crippen molar-refractivity contribution >= 4 is 28.1 Å². The molecule has 5 rings (SSSR count). The van der Waals surface area contributed by atoms with Gasteiger partial charge in [0.05, 0.1) is 30.7 Å². The van der Waals surface area contributed by atoms with Crippen molar-refractivity contribution < 1.29 is 9.53 Å². The third-order valence-electron chi connectivity index (χ3n) is 5.45. The lowest BCUT2D eigenvalue weighted by Crippen LogP contribution is -2.35. The standard InChI is InChI=1S/C22H20N4O3/c1-29-16-10-8-15(9-11-16)24-21(27)20(14-6-7-14)26-18-5-3-2-4-17(18)25-13-23-12-19(25)22(26)28/h2-5,8-14,20H,6-7H2,1H3,(H,24,27). The quantitative estimate of drug-likeness (QED) is 0.569. The molecule has 2 aromatic heterocycles. The summed E-state index contributed by atoms with van der Waals surface area (Å²) in [4.78, 5) is 30.8. The first-order valence-electron chi connectivity index (χ1n) is 9.57. The van der Waals surface area contributed by atoms with Gasteiger partial charge in [-0.1, -0.05) is 12.1 Å². The number of imidazole rings is 1. The molecule has 2 aromatic carbocycles. The van der Waals surface area contributed by atoms with Crippen LogP contribution in [-0.2, 0) is 4.79 Å². The van der Waals surface area contributed by atoms with E-state index in [-0.39, 0.29) is 17.4 Å². The first kappa shape index (κ1) is 17.5. The minimum Gasteiger partial charge on any atom is -0.497 e. The van der Waals surface area contributed by atoms with E-state index in [1.165, 1.54) is 0 Å². The van der Waals surface area contributed by atoms with Gasteiger partial charge in [0.1, 0.15) is 17.3 Å². The van der Waals surface area contributed by atoms with Gasteiger partial charge >= 0.3 is 0 Å². The van der Waals surface area contributed by atoms with Gasteiger partial charge < -0.3 is 10.1 Å². The maximum absolute atomic E-state index is 13.3. The van der Waals surface area contributed by atoms with Crippen LogP contribution in [0.2, 0.25) is 0 Å². The Balaban J connectivity index is 1.62. The van der Waals surface area contributed by atoms with Crippen LogP contribution in [0.5, 0.6) is 5.75 Å². The van der Waals surface area contributed by atoms with Gasteiger partial charge in [0, 0.05) is 5.69 Å². The Morgan fingerprint density at radius 2 is 1.83 bits per heavy atom. The highest BCUT2D eigenvalue weighted by Crippen LogP contribution is 2.41. The molecule has 1 aliphatic rings. The molecule has 0 radical (unpaired) electrons. The SMILES string of the molecule is COc1ccc(NC(=O)C(C2CC2)n2c(=O)c3cncn3c3ccccc32)cc1. The molecule has 0 bridgehead atoms. The number of hydrogen-bond acceptors (Lipinski definition) is 4. The molecule has 1 fully saturated rings. The Hall–Kier alpha value is -3.61. The minimum atomic E-state index is -0.575. The van der Waals surface area contributed by atoms with E-state index in [1.54, 1.807) is 52.9 Å². The molecule has 1 aliphatic carbocycles. The highest BCUT2D eigenvalue weighted by Gasteiger charge is 2.39. The average Bonchev–Trinajstić information content (AvgIpc) is 3.45. The Morgan fingerprint density at radius 3 is 2.52 bits per heavy atom. The topological polar surface area (TPSA) is 77.6 Å². The van der Waals surface area contributed by atoms with Crippen LogP contribution in [0.1, 0.15) is 18.9 Å². The molecule has 1 atom stereocenters. The number of carbonyl (C=O) groups is 1. The predicted molar refractivity (Wildman–Crippen MR) is 110 cm³/mol. The number of nitrogens with one attached hydrogen (secondary N) is 1. The van der Waals surface area contributed by atoms with Crippen molar-refractivity contribution in [3.63, 3.8) is 0 Å². The zero-order valence-corrected chi connectivity index (χ0v) is 15.9. The van der Waals surface area contributed by atoms with Crippen molar-refractivity contribution in [3.8, 4) is 5.75 Å². The molecular weight excluding hydrogens is 368 g/mol. The Labute approximate surface area is 166 Å². The molecule has 0 saturated heterocycles. The molecule has 1 saturated carbocycles. The van der Waals surface area contributed by atoms with Gasteiger partial charge in [-0.15, -0.1) is 0 Å². The second kappa shape index (κ2) is 6.77. The zero-order valence-electron chi connectivity index (χ0n) is 15.9. The minimum absolute atomic E-state index is 0.139. The van der Waals surface area contributed by atoms with E-state index in [0.717, 1.165) is 29.6 Å². The highest BCUT2D eigenvalue weighted by atomic mass is 16.5.